The van der Waals surface area contributed by atoms with Crippen molar-refractivity contribution in [3.05, 3.63) is 76.6 Å². The molecule has 0 spiro atoms. The van der Waals surface area contributed by atoms with Gasteiger partial charge in [-0.1, -0.05) is 49.2 Å². The van der Waals surface area contributed by atoms with Gasteiger partial charge in [0, 0.05) is 23.1 Å². The van der Waals surface area contributed by atoms with Gasteiger partial charge in [-0.25, -0.2) is 4.39 Å². The van der Waals surface area contributed by atoms with Gasteiger partial charge in [-0.3, -0.25) is 5.01 Å². The third-order valence-electron chi connectivity index (χ3n) is 11.7. The van der Waals surface area contributed by atoms with E-state index in [0.717, 1.165) is 59.7 Å². The number of benzene rings is 2. The highest BCUT2D eigenvalue weighted by Gasteiger charge is 2.59. The maximum absolute atomic E-state index is 13.8. The number of nitrogens with zero attached hydrogens (tertiary/aromatic N) is 2. The van der Waals surface area contributed by atoms with E-state index < -0.39 is 0 Å². The number of aliphatic hydroxyl groups is 1. The molecule has 0 radical (unpaired) electrons. The molecule has 1 unspecified atom stereocenters. The van der Waals surface area contributed by atoms with Crippen molar-refractivity contribution in [1.82, 2.24) is 0 Å². The van der Waals surface area contributed by atoms with Crippen molar-refractivity contribution >= 4 is 23.0 Å². The molecule has 5 aliphatic rings. The molecule has 3 nitrogen and oxygen atoms in total. The molecule has 8 atom stereocenters. The molecule has 2 aromatic carbocycles. The van der Waals surface area contributed by atoms with E-state index in [1.165, 1.54) is 49.9 Å². The third kappa shape index (κ3) is 4.11. The number of fused-ring (bicyclic) bond motifs is 5. The molecule has 3 saturated carbocycles. The van der Waals surface area contributed by atoms with Gasteiger partial charge >= 0.3 is 0 Å². The standard InChI is InChI=1S/C34H40ClFN2O/c1-33-16-14-26(39)19-22(33)6-11-27-28-12-13-30(34(28,2)17-15-29(27)33)31-20-32(21-4-3-5-23(35)18-21)38(37-31)25-9-7-24(36)8-10-25/h3-10,18,26-30,32,39H,11-17,19-20H2,1-2H3/t26-,27-,28-,29-,30+,32?,33-,34-/m0/s1. The van der Waals surface area contributed by atoms with Crippen LogP contribution in [-0.4, -0.2) is 16.9 Å². The number of allylic oxidation sites excluding steroid dienone is 1. The predicted molar refractivity (Wildman–Crippen MR) is 156 cm³/mol. The molecule has 1 heterocycles. The highest BCUT2D eigenvalue weighted by Crippen LogP contribution is 2.67. The van der Waals surface area contributed by atoms with E-state index in [1.807, 2.05) is 24.3 Å². The largest absolute Gasteiger partial charge is 0.393 e. The van der Waals surface area contributed by atoms with Crippen molar-refractivity contribution in [1.29, 1.82) is 0 Å². The first kappa shape index (κ1) is 25.8. The Kier molecular flexibility index (Phi) is 6.24. The number of hydrogen-bond acceptors (Lipinski definition) is 3. The van der Waals surface area contributed by atoms with Crippen LogP contribution in [0.1, 0.15) is 83.2 Å². The molecule has 3 fully saturated rings. The topological polar surface area (TPSA) is 35.8 Å². The number of aliphatic hydroxyl groups excluding tert-OH is 1. The SMILES string of the molecule is C[C@]12CC[C@H]3[C@@H](CC=C4C[C@@H](O)CC[C@@]43C)[C@@H]1CC[C@@H]2C1=NN(c2ccc(F)cc2)C(c2cccc(Cl)c2)C1. The molecule has 0 saturated heterocycles. The lowest BCUT2D eigenvalue weighted by Crippen LogP contribution is -2.51. The third-order valence-corrected chi connectivity index (χ3v) is 12.0. The molecule has 4 aliphatic carbocycles. The zero-order valence-corrected chi connectivity index (χ0v) is 23.9. The number of hydrazone groups is 1. The molecule has 206 valence electrons. The minimum absolute atomic E-state index is 0.0656. The van der Waals surface area contributed by atoms with Crippen LogP contribution in [0.25, 0.3) is 0 Å². The second-order valence-electron chi connectivity index (χ2n) is 13.5. The predicted octanol–water partition coefficient (Wildman–Crippen LogP) is 8.73. The van der Waals surface area contributed by atoms with Crippen LogP contribution < -0.4 is 5.01 Å². The molecular formula is C34H40ClFN2O. The van der Waals surface area contributed by atoms with E-state index in [4.69, 9.17) is 16.7 Å². The fraction of sp³-hybridized carbons (Fsp3) is 0.559. The number of rotatable bonds is 3. The Bertz CT molecular complexity index is 1320. The molecule has 1 aliphatic heterocycles. The normalized spacial score (nSPS) is 39.5. The molecule has 0 amide bonds. The van der Waals surface area contributed by atoms with Gasteiger partial charge < -0.3 is 5.11 Å². The summed E-state index contributed by atoms with van der Waals surface area (Å²) in [5, 5.41) is 18.5. The monoisotopic (exact) mass is 546 g/mol. The Morgan fingerprint density at radius 3 is 2.59 bits per heavy atom. The lowest BCUT2D eigenvalue weighted by Gasteiger charge is -2.58. The van der Waals surface area contributed by atoms with Gasteiger partial charge in [0.05, 0.1) is 17.8 Å². The van der Waals surface area contributed by atoms with Crippen LogP contribution in [0.2, 0.25) is 5.02 Å². The van der Waals surface area contributed by atoms with Gasteiger partial charge in [-0.2, -0.15) is 5.10 Å². The van der Waals surface area contributed by atoms with Crippen LogP contribution in [0.5, 0.6) is 0 Å². The summed E-state index contributed by atoms with van der Waals surface area (Å²) in [6.07, 6.45) is 12.4. The zero-order valence-electron chi connectivity index (χ0n) is 23.1. The lowest BCUT2D eigenvalue weighted by molar-refractivity contribution is -0.0424. The summed E-state index contributed by atoms with van der Waals surface area (Å²) in [5.74, 6) is 2.44. The number of anilines is 1. The molecule has 2 aromatic rings. The van der Waals surface area contributed by atoms with E-state index in [0.29, 0.717) is 5.92 Å². The fourth-order valence-electron chi connectivity index (χ4n) is 9.74. The molecule has 5 heteroatoms. The summed E-state index contributed by atoms with van der Waals surface area (Å²) in [6.45, 7) is 5.07. The minimum Gasteiger partial charge on any atom is -0.393 e. The average Bonchev–Trinajstić information content (AvgIpc) is 3.51. The summed E-state index contributed by atoms with van der Waals surface area (Å²) in [4.78, 5) is 0. The van der Waals surface area contributed by atoms with Crippen molar-refractivity contribution in [3.8, 4) is 0 Å². The summed E-state index contributed by atoms with van der Waals surface area (Å²) in [7, 11) is 0. The lowest BCUT2D eigenvalue weighted by atomic mass is 9.47. The maximum Gasteiger partial charge on any atom is 0.123 e. The minimum atomic E-state index is -0.227. The highest BCUT2D eigenvalue weighted by molar-refractivity contribution is 6.30. The molecule has 0 bridgehead atoms. The van der Waals surface area contributed by atoms with Gasteiger partial charge in [0.15, 0.2) is 0 Å². The van der Waals surface area contributed by atoms with Crippen LogP contribution in [-0.2, 0) is 0 Å². The van der Waals surface area contributed by atoms with E-state index in [2.05, 4.69) is 37.1 Å². The Labute approximate surface area is 237 Å². The van der Waals surface area contributed by atoms with Crippen molar-refractivity contribution in [3.63, 3.8) is 0 Å². The smallest absolute Gasteiger partial charge is 0.123 e. The van der Waals surface area contributed by atoms with Crippen LogP contribution in [0.4, 0.5) is 10.1 Å². The first-order chi connectivity index (χ1) is 18.8. The van der Waals surface area contributed by atoms with Crippen molar-refractivity contribution < 1.29 is 9.50 Å². The highest BCUT2D eigenvalue weighted by atomic mass is 35.5. The zero-order chi connectivity index (χ0) is 26.9. The molecular weight excluding hydrogens is 507 g/mol. The van der Waals surface area contributed by atoms with Gasteiger partial charge in [-0.05, 0) is 122 Å². The van der Waals surface area contributed by atoms with Crippen LogP contribution in [0.3, 0.4) is 0 Å². The van der Waals surface area contributed by atoms with Crippen LogP contribution in [0, 0.1) is 40.3 Å². The second-order valence-corrected chi connectivity index (χ2v) is 14.0. The molecule has 0 aromatic heterocycles. The molecule has 7 rings (SSSR count). The Morgan fingerprint density at radius 2 is 1.79 bits per heavy atom. The Hall–Kier alpha value is -2.17. The van der Waals surface area contributed by atoms with Crippen molar-refractivity contribution in [2.45, 2.75) is 83.8 Å². The number of hydrogen-bond donors (Lipinski definition) is 1. The molecule has 1 N–H and O–H groups in total. The van der Waals surface area contributed by atoms with E-state index in [1.54, 1.807) is 5.57 Å². The fourth-order valence-corrected chi connectivity index (χ4v) is 9.94. The quantitative estimate of drug-likeness (QED) is 0.391. The molecule has 39 heavy (non-hydrogen) atoms. The Balaban J connectivity index is 1.20. The van der Waals surface area contributed by atoms with Crippen molar-refractivity contribution in [2.75, 3.05) is 5.01 Å². The number of halogens is 2. The first-order valence-corrected chi connectivity index (χ1v) is 15.4. The van der Waals surface area contributed by atoms with E-state index >= 15 is 0 Å². The van der Waals surface area contributed by atoms with Crippen LogP contribution in [0.15, 0.2) is 65.3 Å². The maximum atomic E-state index is 13.8. The summed E-state index contributed by atoms with van der Waals surface area (Å²) in [6, 6.07) is 14.9. The summed E-state index contributed by atoms with van der Waals surface area (Å²) in [5.41, 5.74) is 5.47. The van der Waals surface area contributed by atoms with Gasteiger partial charge in [0.2, 0.25) is 0 Å². The van der Waals surface area contributed by atoms with Gasteiger partial charge in [-0.15, -0.1) is 0 Å². The van der Waals surface area contributed by atoms with E-state index in [-0.39, 0.29) is 28.8 Å². The van der Waals surface area contributed by atoms with Crippen LogP contribution >= 0.6 is 11.6 Å². The summed E-state index contributed by atoms with van der Waals surface area (Å²) >= 11 is 6.42. The van der Waals surface area contributed by atoms with Gasteiger partial charge in [0.25, 0.3) is 0 Å². The Morgan fingerprint density at radius 1 is 0.974 bits per heavy atom. The average molecular weight is 547 g/mol. The van der Waals surface area contributed by atoms with Crippen molar-refractivity contribution in [2.24, 2.45) is 39.6 Å². The second kappa shape index (κ2) is 9.45. The summed E-state index contributed by atoms with van der Waals surface area (Å²) < 4.78 is 13.8. The van der Waals surface area contributed by atoms with E-state index in [9.17, 15) is 9.50 Å². The van der Waals surface area contributed by atoms with Gasteiger partial charge in [0.1, 0.15) is 5.82 Å². The first-order valence-electron chi connectivity index (χ1n) is 15.0.